The second-order valence-corrected chi connectivity index (χ2v) is 7.63. The van der Waals surface area contributed by atoms with Gasteiger partial charge >= 0.3 is 0 Å². The van der Waals surface area contributed by atoms with Crippen LogP contribution in [0, 0.1) is 17.2 Å². The van der Waals surface area contributed by atoms with Crippen molar-refractivity contribution >= 4 is 21.3 Å². The van der Waals surface area contributed by atoms with Gasteiger partial charge in [0.2, 0.25) is 0 Å². The number of aliphatic hydroxyl groups is 1. The summed E-state index contributed by atoms with van der Waals surface area (Å²) in [6.07, 6.45) is 0. The topological polar surface area (TPSA) is 93.4 Å². The molecule has 0 saturated heterocycles. The van der Waals surface area contributed by atoms with Crippen molar-refractivity contribution in [2.24, 2.45) is 5.92 Å². The standard InChI is InChI=1S/C18H27N3O3S/c1-5-21(6-2)17-9-7-16(8-10-17)15(4)18(11-19)25(23,24)20-12-14(3)13-22/h7-10,14,20,22H,5-6,12-13H2,1-4H3/b18-15+. The molecule has 1 unspecified atom stereocenters. The van der Waals surface area contributed by atoms with Gasteiger partial charge < -0.3 is 10.0 Å². The van der Waals surface area contributed by atoms with E-state index in [9.17, 15) is 13.7 Å². The molecule has 1 rings (SSSR count). The van der Waals surface area contributed by atoms with Gasteiger partial charge in [0.15, 0.2) is 4.91 Å². The zero-order valence-electron chi connectivity index (χ0n) is 15.3. The van der Waals surface area contributed by atoms with Crippen LogP contribution >= 0.6 is 0 Å². The minimum Gasteiger partial charge on any atom is -0.396 e. The third-order valence-corrected chi connectivity index (χ3v) is 5.55. The van der Waals surface area contributed by atoms with Crippen LogP contribution in [-0.2, 0) is 10.0 Å². The van der Waals surface area contributed by atoms with Crippen LogP contribution in [0.15, 0.2) is 29.2 Å². The predicted molar refractivity (Wildman–Crippen MR) is 101 cm³/mol. The molecule has 0 heterocycles. The van der Waals surface area contributed by atoms with Crippen LogP contribution < -0.4 is 9.62 Å². The van der Waals surface area contributed by atoms with Crippen LogP contribution in [0.5, 0.6) is 0 Å². The first kappa shape index (κ1) is 21.2. The van der Waals surface area contributed by atoms with Crippen molar-refractivity contribution in [1.29, 1.82) is 5.26 Å². The van der Waals surface area contributed by atoms with Crippen molar-refractivity contribution in [2.75, 3.05) is 31.1 Å². The third-order valence-electron chi connectivity index (χ3n) is 4.07. The monoisotopic (exact) mass is 365 g/mol. The summed E-state index contributed by atoms with van der Waals surface area (Å²) in [7, 11) is -3.91. The van der Waals surface area contributed by atoms with E-state index >= 15 is 0 Å². The maximum Gasteiger partial charge on any atom is 0.251 e. The van der Waals surface area contributed by atoms with E-state index in [0.717, 1.165) is 18.8 Å². The van der Waals surface area contributed by atoms with E-state index in [0.29, 0.717) is 11.1 Å². The fourth-order valence-corrected chi connectivity index (χ4v) is 3.67. The minimum atomic E-state index is -3.91. The van der Waals surface area contributed by atoms with E-state index in [1.807, 2.05) is 24.3 Å². The van der Waals surface area contributed by atoms with Crippen LogP contribution in [0.3, 0.4) is 0 Å². The van der Waals surface area contributed by atoms with Gasteiger partial charge in [-0.1, -0.05) is 19.1 Å². The summed E-state index contributed by atoms with van der Waals surface area (Å²) in [6.45, 7) is 9.21. The van der Waals surface area contributed by atoms with Gasteiger partial charge in [0.1, 0.15) is 6.07 Å². The number of benzene rings is 1. The molecule has 0 spiro atoms. The highest BCUT2D eigenvalue weighted by Crippen LogP contribution is 2.24. The number of hydrogen-bond acceptors (Lipinski definition) is 5. The van der Waals surface area contributed by atoms with E-state index in [1.54, 1.807) is 19.9 Å². The van der Waals surface area contributed by atoms with Crippen molar-refractivity contribution in [1.82, 2.24) is 4.72 Å². The van der Waals surface area contributed by atoms with E-state index in [2.05, 4.69) is 23.5 Å². The molecule has 138 valence electrons. The molecule has 6 nitrogen and oxygen atoms in total. The third kappa shape index (κ3) is 5.56. The zero-order valence-corrected chi connectivity index (χ0v) is 16.1. The molecule has 0 saturated carbocycles. The number of hydrogen-bond donors (Lipinski definition) is 2. The fourth-order valence-electron chi connectivity index (χ4n) is 2.38. The Morgan fingerprint density at radius 3 is 2.28 bits per heavy atom. The molecule has 1 aromatic carbocycles. The van der Waals surface area contributed by atoms with Gasteiger partial charge in [-0.05, 0) is 50.0 Å². The molecule has 1 aromatic rings. The maximum atomic E-state index is 12.4. The summed E-state index contributed by atoms with van der Waals surface area (Å²) in [5, 5.41) is 18.4. The average Bonchev–Trinajstić information content (AvgIpc) is 2.61. The molecule has 0 amide bonds. The Morgan fingerprint density at radius 1 is 1.28 bits per heavy atom. The molecule has 0 aliphatic heterocycles. The van der Waals surface area contributed by atoms with Crippen LogP contribution in [0.2, 0.25) is 0 Å². The molecular weight excluding hydrogens is 338 g/mol. The number of rotatable bonds is 9. The lowest BCUT2D eigenvalue weighted by atomic mass is 10.1. The van der Waals surface area contributed by atoms with Crippen LogP contribution in [-0.4, -0.2) is 39.8 Å². The van der Waals surface area contributed by atoms with Crippen molar-refractivity contribution < 1.29 is 13.5 Å². The van der Waals surface area contributed by atoms with E-state index in [1.165, 1.54) is 0 Å². The number of sulfonamides is 1. The Bertz CT molecular complexity index is 730. The first-order chi connectivity index (χ1) is 11.8. The molecule has 1 atom stereocenters. The highest BCUT2D eigenvalue weighted by molar-refractivity contribution is 7.93. The summed E-state index contributed by atoms with van der Waals surface area (Å²) >= 11 is 0. The first-order valence-electron chi connectivity index (χ1n) is 8.37. The Hall–Kier alpha value is -1.88. The van der Waals surface area contributed by atoms with Gasteiger partial charge in [-0.2, -0.15) is 5.26 Å². The van der Waals surface area contributed by atoms with Crippen molar-refractivity contribution in [3.63, 3.8) is 0 Å². The van der Waals surface area contributed by atoms with Gasteiger partial charge in [0.25, 0.3) is 10.0 Å². The molecule has 0 aliphatic rings. The molecule has 0 aromatic heterocycles. The first-order valence-corrected chi connectivity index (χ1v) is 9.85. The number of nitrogens with zero attached hydrogens (tertiary/aromatic N) is 2. The number of nitriles is 1. The summed E-state index contributed by atoms with van der Waals surface area (Å²) in [5.41, 5.74) is 2.14. The largest absolute Gasteiger partial charge is 0.396 e. The lowest BCUT2D eigenvalue weighted by Gasteiger charge is -2.21. The molecular formula is C18H27N3O3S. The molecule has 0 fully saturated rings. The van der Waals surface area contributed by atoms with Gasteiger partial charge in [0, 0.05) is 31.9 Å². The minimum absolute atomic E-state index is 0.0815. The lowest BCUT2D eigenvalue weighted by molar-refractivity contribution is 0.239. The van der Waals surface area contributed by atoms with Crippen LogP contribution in [0.4, 0.5) is 5.69 Å². The second kappa shape index (κ2) is 9.56. The van der Waals surface area contributed by atoms with Gasteiger partial charge in [-0.15, -0.1) is 0 Å². The second-order valence-electron chi connectivity index (χ2n) is 5.92. The SMILES string of the molecule is CCN(CC)c1ccc(/C(C)=C(\C#N)S(=O)(=O)NCC(C)CO)cc1. The average molecular weight is 365 g/mol. The summed E-state index contributed by atoms with van der Waals surface area (Å²) in [5.74, 6) is -0.219. The van der Waals surface area contributed by atoms with Gasteiger partial charge in [-0.25, -0.2) is 13.1 Å². The maximum absolute atomic E-state index is 12.4. The normalized spacial score (nSPS) is 13.8. The Balaban J connectivity index is 3.14. The Labute approximate surface area is 150 Å². The smallest absolute Gasteiger partial charge is 0.251 e. The van der Waals surface area contributed by atoms with Crippen LogP contribution in [0.25, 0.3) is 5.57 Å². The lowest BCUT2D eigenvalue weighted by Crippen LogP contribution is -2.30. The van der Waals surface area contributed by atoms with Gasteiger partial charge in [-0.3, -0.25) is 0 Å². The fraction of sp³-hybridized carbons (Fsp3) is 0.500. The highest BCUT2D eigenvalue weighted by atomic mass is 32.2. The number of nitrogens with one attached hydrogen (secondary N) is 1. The Morgan fingerprint density at radius 2 is 1.84 bits per heavy atom. The molecule has 2 N–H and O–H groups in total. The molecule has 25 heavy (non-hydrogen) atoms. The van der Waals surface area contributed by atoms with E-state index < -0.39 is 10.0 Å². The zero-order chi connectivity index (χ0) is 19.0. The predicted octanol–water partition coefficient (Wildman–Crippen LogP) is 2.34. The number of allylic oxidation sites excluding steroid dienone is 2. The number of aliphatic hydroxyl groups excluding tert-OH is 1. The molecule has 0 bridgehead atoms. The summed E-state index contributed by atoms with van der Waals surface area (Å²) in [6, 6.07) is 9.30. The van der Waals surface area contributed by atoms with Crippen molar-refractivity contribution in [3.05, 3.63) is 34.7 Å². The summed E-state index contributed by atoms with van der Waals surface area (Å²) in [4.78, 5) is 1.89. The van der Waals surface area contributed by atoms with Gasteiger partial charge in [0.05, 0.1) is 0 Å². The van der Waals surface area contributed by atoms with Crippen LogP contribution in [0.1, 0.15) is 33.3 Å². The highest BCUT2D eigenvalue weighted by Gasteiger charge is 2.21. The molecule has 7 heteroatoms. The van der Waals surface area contributed by atoms with Crippen molar-refractivity contribution in [3.8, 4) is 6.07 Å². The molecule has 0 aliphatic carbocycles. The van der Waals surface area contributed by atoms with Crippen molar-refractivity contribution in [2.45, 2.75) is 27.7 Å². The summed E-state index contributed by atoms with van der Waals surface area (Å²) < 4.78 is 27.1. The van der Waals surface area contributed by atoms with E-state index in [-0.39, 0.29) is 24.0 Å². The quantitative estimate of drug-likeness (QED) is 0.655. The van der Waals surface area contributed by atoms with E-state index in [4.69, 9.17) is 5.11 Å². The molecule has 0 radical (unpaired) electrons. The number of anilines is 1. The Kier molecular flexibility index (Phi) is 8.10.